The predicted molar refractivity (Wildman–Crippen MR) is 98.5 cm³/mol. The van der Waals surface area contributed by atoms with Crippen LogP contribution in [0.5, 0.6) is 0 Å². The monoisotopic (exact) mass is 318 g/mol. The van der Waals surface area contributed by atoms with E-state index < -0.39 is 0 Å². The van der Waals surface area contributed by atoms with Gasteiger partial charge in [-0.25, -0.2) is 0 Å². The SMILES string of the molecule is C=CC1CCC(C2CCC(C3CCC(CCC)CC3)CC2)CO1. The summed E-state index contributed by atoms with van der Waals surface area (Å²) in [6, 6.07) is 0. The molecule has 0 radical (unpaired) electrons. The molecule has 0 bridgehead atoms. The van der Waals surface area contributed by atoms with Gasteiger partial charge in [-0.1, -0.05) is 38.7 Å². The Labute approximate surface area is 144 Å². The largest absolute Gasteiger partial charge is 0.374 e. The molecule has 132 valence electrons. The average molecular weight is 319 g/mol. The van der Waals surface area contributed by atoms with E-state index in [0.717, 1.165) is 36.2 Å². The highest BCUT2D eigenvalue weighted by Crippen LogP contribution is 2.44. The molecule has 1 saturated heterocycles. The number of rotatable bonds is 5. The fourth-order valence-corrected chi connectivity index (χ4v) is 5.79. The van der Waals surface area contributed by atoms with E-state index >= 15 is 0 Å². The highest BCUT2D eigenvalue weighted by molar-refractivity contribution is 4.88. The standard InChI is InChI=1S/C22H38O/c1-3-5-17-6-8-18(9-7-17)19-10-12-20(13-11-19)21-14-15-22(4-2)23-16-21/h4,17-22H,2-3,5-16H2,1H3. The van der Waals surface area contributed by atoms with Crippen LogP contribution in [0, 0.1) is 29.6 Å². The first-order valence-corrected chi connectivity index (χ1v) is 10.5. The maximum absolute atomic E-state index is 5.95. The zero-order chi connectivity index (χ0) is 16.1. The molecular weight excluding hydrogens is 280 g/mol. The van der Waals surface area contributed by atoms with Crippen LogP contribution >= 0.6 is 0 Å². The Morgan fingerprint density at radius 3 is 1.78 bits per heavy atom. The van der Waals surface area contributed by atoms with Crippen LogP contribution in [0.4, 0.5) is 0 Å². The molecule has 3 aliphatic rings. The maximum Gasteiger partial charge on any atom is 0.0753 e. The highest BCUT2D eigenvalue weighted by atomic mass is 16.5. The van der Waals surface area contributed by atoms with Gasteiger partial charge < -0.3 is 4.74 Å². The Kier molecular flexibility index (Phi) is 6.62. The van der Waals surface area contributed by atoms with Crippen LogP contribution in [0.3, 0.4) is 0 Å². The molecule has 1 aliphatic heterocycles. The first kappa shape index (κ1) is 17.5. The van der Waals surface area contributed by atoms with Crippen molar-refractivity contribution in [2.45, 2.75) is 90.1 Å². The van der Waals surface area contributed by atoms with Crippen LogP contribution in [0.1, 0.15) is 84.0 Å². The van der Waals surface area contributed by atoms with Crippen molar-refractivity contribution in [1.29, 1.82) is 0 Å². The first-order chi connectivity index (χ1) is 11.3. The molecule has 23 heavy (non-hydrogen) atoms. The maximum atomic E-state index is 5.95. The second-order valence-electron chi connectivity index (χ2n) is 8.69. The van der Waals surface area contributed by atoms with Gasteiger partial charge in [-0.05, 0) is 81.0 Å². The lowest BCUT2D eigenvalue weighted by Gasteiger charge is -2.41. The summed E-state index contributed by atoms with van der Waals surface area (Å²) in [7, 11) is 0. The molecule has 0 aromatic carbocycles. The zero-order valence-electron chi connectivity index (χ0n) is 15.3. The molecule has 1 nitrogen and oxygen atoms in total. The minimum absolute atomic E-state index is 0.334. The van der Waals surface area contributed by atoms with Crippen LogP contribution < -0.4 is 0 Å². The zero-order valence-corrected chi connectivity index (χ0v) is 15.3. The van der Waals surface area contributed by atoms with Gasteiger partial charge in [0.05, 0.1) is 12.7 Å². The number of ether oxygens (including phenoxy) is 1. The van der Waals surface area contributed by atoms with Crippen molar-refractivity contribution in [3.8, 4) is 0 Å². The van der Waals surface area contributed by atoms with E-state index in [4.69, 9.17) is 4.74 Å². The molecule has 1 heterocycles. The van der Waals surface area contributed by atoms with Gasteiger partial charge >= 0.3 is 0 Å². The highest BCUT2D eigenvalue weighted by Gasteiger charge is 2.34. The summed E-state index contributed by atoms with van der Waals surface area (Å²) in [5.41, 5.74) is 0. The van der Waals surface area contributed by atoms with Crippen LogP contribution in [0.25, 0.3) is 0 Å². The van der Waals surface area contributed by atoms with Crippen molar-refractivity contribution >= 4 is 0 Å². The minimum atomic E-state index is 0.334. The number of hydrogen-bond donors (Lipinski definition) is 0. The van der Waals surface area contributed by atoms with E-state index in [1.54, 1.807) is 0 Å². The molecule has 0 aromatic heterocycles. The Morgan fingerprint density at radius 1 is 0.783 bits per heavy atom. The first-order valence-electron chi connectivity index (χ1n) is 10.5. The third-order valence-electron chi connectivity index (χ3n) is 7.35. The van der Waals surface area contributed by atoms with Crippen molar-refractivity contribution < 1.29 is 4.74 Å². The lowest BCUT2D eigenvalue weighted by atomic mass is 9.66. The van der Waals surface area contributed by atoms with E-state index in [1.807, 2.05) is 6.08 Å². The van der Waals surface area contributed by atoms with Gasteiger partial charge in [-0.3, -0.25) is 0 Å². The molecule has 0 aromatic rings. The molecule has 0 spiro atoms. The van der Waals surface area contributed by atoms with Crippen molar-refractivity contribution in [3.05, 3.63) is 12.7 Å². The summed E-state index contributed by atoms with van der Waals surface area (Å²) in [5, 5.41) is 0. The second-order valence-corrected chi connectivity index (χ2v) is 8.69. The Balaban J connectivity index is 1.38. The smallest absolute Gasteiger partial charge is 0.0753 e. The van der Waals surface area contributed by atoms with Gasteiger partial charge in [0, 0.05) is 0 Å². The molecule has 2 atom stereocenters. The molecular formula is C22H38O. The van der Waals surface area contributed by atoms with E-state index in [-0.39, 0.29) is 0 Å². The van der Waals surface area contributed by atoms with Gasteiger partial charge in [-0.2, -0.15) is 0 Å². The van der Waals surface area contributed by atoms with E-state index in [1.165, 1.54) is 77.0 Å². The van der Waals surface area contributed by atoms with Gasteiger partial charge in [0.1, 0.15) is 0 Å². The summed E-state index contributed by atoms with van der Waals surface area (Å²) in [6.07, 6.45) is 19.9. The fraction of sp³-hybridized carbons (Fsp3) is 0.909. The quantitative estimate of drug-likeness (QED) is 0.534. The molecule has 0 amide bonds. The van der Waals surface area contributed by atoms with Crippen LogP contribution in [-0.4, -0.2) is 12.7 Å². The summed E-state index contributed by atoms with van der Waals surface area (Å²) < 4.78 is 5.95. The fourth-order valence-electron chi connectivity index (χ4n) is 5.79. The van der Waals surface area contributed by atoms with Gasteiger partial charge in [-0.15, -0.1) is 6.58 Å². The van der Waals surface area contributed by atoms with E-state index in [9.17, 15) is 0 Å². The molecule has 2 aliphatic carbocycles. The Bertz CT molecular complexity index is 339. The third-order valence-corrected chi connectivity index (χ3v) is 7.35. The second kappa shape index (κ2) is 8.70. The number of hydrogen-bond acceptors (Lipinski definition) is 1. The Hall–Kier alpha value is -0.300. The summed E-state index contributed by atoms with van der Waals surface area (Å²) in [6.45, 7) is 7.22. The lowest BCUT2D eigenvalue weighted by Crippen LogP contribution is -2.33. The molecule has 3 fully saturated rings. The van der Waals surface area contributed by atoms with E-state index in [0.29, 0.717) is 6.10 Å². The molecule has 0 N–H and O–H groups in total. The van der Waals surface area contributed by atoms with Crippen LogP contribution in [-0.2, 0) is 4.74 Å². The molecule has 1 heteroatoms. The van der Waals surface area contributed by atoms with Crippen molar-refractivity contribution in [1.82, 2.24) is 0 Å². The minimum Gasteiger partial charge on any atom is -0.374 e. The average Bonchev–Trinajstić information content (AvgIpc) is 2.63. The van der Waals surface area contributed by atoms with Crippen LogP contribution in [0.15, 0.2) is 12.7 Å². The molecule has 2 unspecified atom stereocenters. The van der Waals surface area contributed by atoms with Crippen molar-refractivity contribution in [2.24, 2.45) is 29.6 Å². The van der Waals surface area contributed by atoms with Crippen molar-refractivity contribution in [2.75, 3.05) is 6.61 Å². The van der Waals surface area contributed by atoms with Gasteiger partial charge in [0.2, 0.25) is 0 Å². The van der Waals surface area contributed by atoms with Crippen molar-refractivity contribution in [3.63, 3.8) is 0 Å². The molecule has 3 rings (SSSR count). The predicted octanol–water partition coefficient (Wildman–Crippen LogP) is 6.38. The normalized spacial score (nSPS) is 42.3. The molecule has 2 saturated carbocycles. The summed E-state index contributed by atoms with van der Waals surface area (Å²) in [5.74, 6) is 4.97. The van der Waals surface area contributed by atoms with Gasteiger partial charge in [0.25, 0.3) is 0 Å². The van der Waals surface area contributed by atoms with E-state index in [2.05, 4.69) is 13.5 Å². The third kappa shape index (κ3) is 4.62. The topological polar surface area (TPSA) is 9.23 Å². The summed E-state index contributed by atoms with van der Waals surface area (Å²) >= 11 is 0. The lowest BCUT2D eigenvalue weighted by molar-refractivity contribution is -0.0191. The van der Waals surface area contributed by atoms with Crippen LogP contribution in [0.2, 0.25) is 0 Å². The summed E-state index contributed by atoms with van der Waals surface area (Å²) in [4.78, 5) is 0. The Morgan fingerprint density at radius 2 is 1.30 bits per heavy atom. The van der Waals surface area contributed by atoms with Gasteiger partial charge in [0.15, 0.2) is 0 Å².